The van der Waals surface area contributed by atoms with Gasteiger partial charge in [0.1, 0.15) is 0 Å². The van der Waals surface area contributed by atoms with Crippen LogP contribution in [0.5, 0.6) is 11.5 Å². The summed E-state index contributed by atoms with van der Waals surface area (Å²) in [5.74, 6) is 1.10. The van der Waals surface area contributed by atoms with Gasteiger partial charge in [0.05, 0.1) is 14.2 Å². The molecule has 8 nitrogen and oxygen atoms in total. The van der Waals surface area contributed by atoms with E-state index in [4.69, 9.17) is 19.9 Å². The Morgan fingerprint density at radius 1 is 1.15 bits per heavy atom. The maximum atomic E-state index is 12.2. The summed E-state index contributed by atoms with van der Waals surface area (Å²) in [6.07, 6.45) is 1.76. The minimum atomic E-state index is -0.394. The number of esters is 1. The number of rotatable bonds is 11. The quantitative estimate of drug-likeness (QED) is 0.258. The third-order valence-electron chi connectivity index (χ3n) is 3.49. The first-order chi connectivity index (χ1) is 13.0. The maximum Gasteiger partial charge on any atom is 0.306 e. The number of unbranched alkanes of at least 4 members (excludes halogenated alkanes) is 1. The van der Waals surface area contributed by atoms with Gasteiger partial charge in [-0.2, -0.15) is 0 Å². The van der Waals surface area contributed by atoms with Crippen molar-refractivity contribution >= 4 is 40.0 Å². The molecule has 0 bridgehead atoms. The van der Waals surface area contributed by atoms with Crippen molar-refractivity contribution in [3.8, 4) is 11.5 Å². The van der Waals surface area contributed by atoms with Gasteiger partial charge in [-0.1, -0.05) is 23.1 Å². The molecule has 10 heteroatoms. The number of methoxy groups -OCH3 is 2. The third kappa shape index (κ3) is 6.72. The Balaban J connectivity index is 1.66. The number of nitrogens with zero attached hydrogens (tertiary/aromatic N) is 2. The van der Waals surface area contributed by atoms with Gasteiger partial charge in [-0.05, 0) is 31.0 Å². The van der Waals surface area contributed by atoms with E-state index >= 15 is 0 Å². The van der Waals surface area contributed by atoms with Crippen LogP contribution in [-0.2, 0) is 9.53 Å². The zero-order valence-electron chi connectivity index (χ0n) is 15.1. The summed E-state index contributed by atoms with van der Waals surface area (Å²) < 4.78 is 16.2. The minimum absolute atomic E-state index is 0.262. The predicted octanol–water partition coefficient (Wildman–Crippen LogP) is 2.83. The van der Waals surface area contributed by atoms with Gasteiger partial charge >= 0.3 is 5.97 Å². The maximum absolute atomic E-state index is 12.2. The summed E-state index contributed by atoms with van der Waals surface area (Å²) in [5.41, 5.74) is 5.91. The van der Waals surface area contributed by atoms with Crippen molar-refractivity contribution in [2.45, 2.75) is 23.6 Å². The van der Waals surface area contributed by atoms with Gasteiger partial charge in [-0.15, -0.1) is 10.2 Å². The number of carbonyl (C=O) groups is 2. The van der Waals surface area contributed by atoms with Crippen LogP contribution in [-0.4, -0.2) is 48.5 Å². The normalized spacial score (nSPS) is 10.4. The van der Waals surface area contributed by atoms with E-state index in [1.54, 1.807) is 30.0 Å². The van der Waals surface area contributed by atoms with Crippen molar-refractivity contribution in [3.63, 3.8) is 0 Å². The molecule has 0 radical (unpaired) electrons. The molecule has 146 valence electrons. The monoisotopic (exact) mass is 411 g/mol. The number of hydrogen-bond donors (Lipinski definition) is 1. The first kappa shape index (κ1) is 21.0. The van der Waals surface area contributed by atoms with Crippen molar-refractivity contribution in [1.82, 2.24) is 10.2 Å². The first-order valence-corrected chi connectivity index (χ1v) is 9.96. The van der Waals surface area contributed by atoms with Crippen molar-refractivity contribution < 1.29 is 23.8 Å². The number of aromatic nitrogens is 2. The topological polar surface area (TPSA) is 114 Å². The molecule has 1 heterocycles. The van der Waals surface area contributed by atoms with E-state index in [0.717, 1.165) is 16.5 Å². The molecular weight excluding hydrogens is 390 g/mol. The number of ether oxygens (including phenoxy) is 3. The lowest BCUT2D eigenvalue weighted by molar-refractivity contribution is -0.142. The Kier molecular flexibility index (Phi) is 8.34. The van der Waals surface area contributed by atoms with E-state index in [2.05, 4.69) is 10.2 Å². The first-order valence-electron chi connectivity index (χ1n) is 8.16. The largest absolute Gasteiger partial charge is 0.493 e. The summed E-state index contributed by atoms with van der Waals surface area (Å²) in [6, 6.07) is 4.80. The molecule has 0 aliphatic heterocycles. The van der Waals surface area contributed by atoms with Crippen molar-refractivity contribution in [3.05, 3.63) is 23.8 Å². The molecule has 0 saturated heterocycles. The highest BCUT2D eigenvalue weighted by molar-refractivity contribution is 8.01. The highest BCUT2D eigenvalue weighted by atomic mass is 32.2. The molecule has 2 rings (SSSR count). The summed E-state index contributed by atoms with van der Waals surface area (Å²) in [4.78, 5) is 23.9. The van der Waals surface area contributed by atoms with Crippen LogP contribution in [0.2, 0.25) is 0 Å². The van der Waals surface area contributed by atoms with Crippen LogP contribution in [0.3, 0.4) is 0 Å². The van der Waals surface area contributed by atoms with Crippen LogP contribution < -0.4 is 15.2 Å². The van der Waals surface area contributed by atoms with E-state index < -0.39 is 5.97 Å². The number of ketones is 1. The third-order valence-corrected chi connectivity index (χ3v) is 5.46. The molecule has 0 atom stereocenters. The zero-order valence-corrected chi connectivity index (χ0v) is 16.7. The van der Waals surface area contributed by atoms with Crippen molar-refractivity contribution in [2.75, 3.05) is 32.3 Å². The lowest BCUT2D eigenvalue weighted by Gasteiger charge is -2.09. The van der Waals surface area contributed by atoms with Crippen LogP contribution >= 0.6 is 23.1 Å². The molecule has 0 spiro atoms. The molecule has 2 N–H and O–H groups in total. The van der Waals surface area contributed by atoms with Crippen LogP contribution in [0.1, 0.15) is 29.6 Å². The van der Waals surface area contributed by atoms with E-state index in [-0.39, 0.29) is 18.8 Å². The Morgan fingerprint density at radius 2 is 1.93 bits per heavy atom. The summed E-state index contributed by atoms with van der Waals surface area (Å²) in [7, 11) is 3.01. The molecule has 1 aromatic carbocycles. The standard InChI is InChI=1S/C17H21N3O5S2/c1-23-13-7-6-11(9-14(13)24-2)12(21)10-25-15(22)5-3-4-8-26-17-20-19-16(18)27-17/h6-7,9H,3-5,8,10H2,1-2H3,(H2,18,19). The summed E-state index contributed by atoms with van der Waals surface area (Å²) in [6.45, 7) is -0.298. The molecular formula is C17H21N3O5S2. The number of hydrogen-bond acceptors (Lipinski definition) is 10. The van der Waals surface area contributed by atoms with Gasteiger partial charge < -0.3 is 19.9 Å². The Bertz CT molecular complexity index is 782. The molecule has 0 aliphatic carbocycles. The second-order valence-corrected chi connectivity index (χ2v) is 7.72. The molecule has 1 aromatic heterocycles. The van der Waals surface area contributed by atoms with Crippen LogP contribution in [0.25, 0.3) is 0 Å². The predicted molar refractivity (Wildman–Crippen MR) is 104 cm³/mol. The second kappa shape index (κ2) is 10.7. The number of nitrogen functional groups attached to an aromatic ring is 1. The SMILES string of the molecule is COc1ccc(C(=O)COC(=O)CCCCSc2nnc(N)s2)cc1OC. The molecule has 0 fully saturated rings. The van der Waals surface area contributed by atoms with E-state index in [9.17, 15) is 9.59 Å². The number of nitrogens with two attached hydrogens (primary N) is 1. The van der Waals surface area contributed by atoms with Gasteiger partial charge in [-0.3, -0.25) is 9.59 Å². The molecule has 0 aliphatic rings. The van der Waals surface area contributed by atoms with Gasteiger partial charge in [0.15, 0.2) is 28.2 Å². The van der Waals surface area contributed by atoms with Crippen LogP contribution in [0.4, 0.5) is 5.13 Å². The van der Waals surface area contributed by atoms with E-state index in [1.165, 1.54) is 25.6 Å². The Hall–Kier alpha value is -2.33. The van der Waals surface area contributed by atoms with Gasteiger partial charge in [-0.25, -0.2) is 0 Å². The second-order valence-electron chi connectivity index (χ2n) is 5.37. The molecule has 0 unspecified atom stereocenters. The van der Waals surface area contributed by atoms with E-state index in [1.807, 2.05) is 0 Å². The lowest BCUT2D eigenvalue weighted by atomic mass is 10.1. The Morgan fingerprint density at radius 3 is 2.59 bits per heavy atom. The van der Waals surface area contributed by atoms with Crippen molar-refractivity contribution in [1.29, 1.82) is 0 Å². The van der Waals surface area contributed by atoms with Crippen molar-refractivity contribution in [2.24, 2.45) is 0 Å². The van der Waals surface area contributed by atoms with Gasteiger partial charge in [0, 0.05) is 17.7 Å². The number of carbonyl (C=O) groups excluding carboxylic acids is 2. The average Bonchev–Trinajstić information content (AvgIpc) is 3.10. The average molecular weight is 412 g/mol. The molecule has 0 saturated carbocycles. The zero-order chi connectivity index (χ0) is 19.6. The Labute approximate surface area is 165 Å². The fourth-order valence-corrected chi connectivity index (χ4v) is 3.83. The number of benzene rings is 1. The minimum Gasteiger partial charge on any atom is -0.493 e. The lowest BCUT2D eigenvalue weighted by Crippen LogP contribution is -2.14. The number of anilines is 1. The fourth-order valence-electron chi connectivity index (χ4n) is 2.12. The summed E-state index contributed by atoms with van der Waals surface area (Å²) in [5, 5.41) is 8.09. The fraction of sp³-hybridized carbons (Fsp3) is 0.412. The molecule has 0 amide bonds. The molecule has 2 aromatic rings. The molecule has 27 heavy (non-hydrogen) atoms. The highest BCUT2D eigenvalue weighted by Gasteiger charge is 2.13. The summed E-state index contributed by atoms with van der Waals surface area (Å²) >= 11 is 2.89. The highest BCUT2D eigenvalue weighted by Crippen LogP contribution is 2.27. The van der Waals surface area contributed by atoms with Gasteiger partial charge in [0.2, 0.25) is 5.13 Å². The van der Waals surface area contributed by atoms with Crippen LogP contribution in [0, 0.1) is 0 Å². The van der Waals surface area contributed by atoms with E-state index in [0.29, 0.717) is 28.6 Å². The van der Waals surface area contributed by atoms with Gasteiger partial charge in [0.25, 0.3) is 0 Å². The number of Topliss-reactive ketones (excluding diaryl/α,β-unsaturated/α-hetero) is 1. The number of thioether (sulfide) groups is 1. The van der Waals surface area contributed by atoms with Crippen LogP contribution in [0.15, 0.2) is 22.5 Å². The smallest absolute Gasteiger partial charge is 0.306 e.